The van der Waals surface area contributed by atoms with Crippen molar-refractivity contribution in [2.45, 2.75) is 72.4 Å². The number of aromatic nitrogens is 2. The lowest BCUT2D eigenvalue weighted by Gasteiger charge is -2.11. The number of aryl methyl sites for hydroxylation is 1. The summed E-state index contributed by atoms with van der Waals surface area (Å²) in [5.41, 5.74) is 4.06. The highest BCUT2D eigenvalue weighted by atomic mass is 15.3. The van der Waals surface area contributed by atoms with E-state index in [1.165, 1.54) is 42.6 Å². The quantitative estimate of drug-likeness (QED) is 0.854. The topological polar surface area (TPSA) is 29.9 Å². The molecule has 0 bridgehead atoms. The summed E-state index contributed by atoms with van der Waals surface area (Å²) in [4.78, 5) is 0. The number of nitrogens with one attached hydrogen (secondary N) is 1. The van der Waals surface area contributed by atoms with Gasteiger partial charge in [0.05, 0.1) is 5.69 Å². The van der Waals surface area contributed by atoms with E-state index in [-0.39, 0.29) is 0 Å². The van der Waals surface area contributed by atoms with Gasteiger partial charge in [-0.2, -0.15) is 5.10 Å². The molecule has 0 aromatic carbocycles. The van der Waals surface area contributed by atoms with Crippen LogP contribution in [-0.4, -0.2) is 22.4 Å². The lowest BCUT2D eigenvalue weighted by Crippen LogP contribution is -2.25. The van der Waals surface area contributed by atoms with Crippen LogP contribution in [0.15, 0.2) is 0 Å². The summed E-state index contributed by atoms with van der Waals surface area (Å²) in [5, 5.41) is 8.25. The minimum atomic E-state index is 0.564. The normalized spacial score (nSPS) is 16.7. The number of hydrogen-bond donors (Lipinski definition) is 1. The van der Waals surface area contributed by atoms with E-state index in [9.17, 15) is 0 Å². The third-order valence-corrected chi connectivity index (χ3v) is 4.36. The van der Waals surface area contributed by atoms with Gasteiger partial charge in [0.1, 0.15) is 0 Å². The first-order valence-corrected chi connectivity index (χ1v) is 7.84. The first kappa shape index (κ1) is 14.6. The van der Waals surface area contributed by atoms with Gasteiger partial charge >= 0.3 is 0 Å². The molecule has 0 amide bonds. The molecule has 0 radical (unpaired) electrons. The van der Waals surface area contributed by atoms with Crippen molar-refractivity contribution in [3.05, 3.63) is 17.0 Å². The van der Waals surface area contributed by atoms with E-state index in [1.54, 1.807) is 0 Å². The third-order valence-electron chi connectivity index (χ3n) is 4.36. The molecule has 1 aromatic heterocycles. The second-order valence-corrected chi connectivity index (χ2v) is 6.34. The maximum absolute atomic E-state index is 4.76. The number of hydrogen-bond acceptors (Lipinski definition) is 2. The van der Waals surface area contributed by atoms with E-state index in [4.69, 9.17) is 5.10 Å². The zero-order chi connectivity index (χ0) is 13.8. The van der Waals surface area contributed by atoms with Crippen molar-refractivity contribution in [2.75, 3.05) is 6.54 Å². The maximum atomic E-state index is 4.76. The summed E-state index contributed by atoms with van der Waals surface area (Å²) in [5.74, 6) is 0.861. The van der Waals surface area contributed by atoms with Crippen molar-refractivity contribution in [1.82, 2.24) is 15.1 Å². The van der Waals surface area contributed by atoms with Crippen LogP contribution in [0.3, 0.4) is 0 Å². The van der Waals surface area contributed by atoms with E-state index in [2.05, 4.69) is 37.7 Å². The second kappa shape index (κ2) is 6.56. The molecule has 108 valence electrons. The third kappa shape index (κ3) is 3.82. The molecule has 1 saturated carbocycles. The average molecular weight is 263 g/mol. The van der Waals surface area contributed by atoms with Crippen LogP contribution in [0, 0.1) is 19.8 Å². The van der Waals surface area contributed by atoms with Gasteiger partial charge in [-0.15, -0.1) is 0 Å². The number of nitrogens with zero attached hydrogens (tertiary/aromatic N) is 2. The molecule has 0 spiro atoms. The molecule has 3 heteroatoms. The minimum absolute atomic E-state index is 0.564. The monoisotopic (exact) mass is 263 g/mol. The van der Waals surface area contributed by atoms with Crippen LogP contribution in [0.4, 0.5) is 0 Å². The average Bonchev–Trinajstić information content (AvgIpc) is 2.93. The molecule has 0 atom stereocenters. The lowest BCUT2D eigenvalue weighted by molar-refractivity contribution is 0.421. The second-order valence-electron chi connectivity index (χ2n) is 6.34. The molecule has 0 unspecified atom stereocenters. The van der Waals surface area contributed by atoms with Crippen molar-refractivity contribution in [3.63, 3.8) is 0 Å². The summed E-state index contributed by atoms with van der Waals surface area (Å²) in [6.45, 7) is 11.0. The Hall–Kier alpha value is -0.830. The van der Waals surface area contributed by atoms with Crippen molar-refractivity contribution in [3.8, 4) is 0 Å². The van der Waals surface area contributed by atoms with E-state index < -0.39 is 0 Å². The van der Waals surface area contributed by atoms with Crippen LogP contribution >= 0.6 is 0 Å². The van der Waals surface area contributed by atoms with Crippen LogP contribution in [0.25, 0.3) is 0 Å². The molecule has 3 nitrogen and oxygen atoms in total. The van der Waals surface area contributed by atoms with Gasteiger partial charge in [-0.25, -0.2) is 0 Å². The molecule has 2 rings (SSSR count). The van der Waals surface area contributed by atoms with E-state index in [1.807, 2.05) is 0 Å². The summed E-state index contributed by atoms with van der Waals surface area (Å²) in [7, 11) is 0. The van der Waals surface area contributed by atoms with E-state index in [0.717, 1.165) is 25.4 Å². The lowest BCUT2D eigenvalue weighted by atomic mass is 10.1. The summed E-state index contributed by atoms with van der Waals surface area (Å²) >= 11 is 0. The highest BCUT2D eigenvalue weighted by Gasteiger charge is 2.18. The largest absolute Gasteiger partial charge is 0.314 e. The van der Waals surface area contributed by atoms with Crippen molar-refractivity contribution in [2.24, 2.45) is 5.92 Å². The van der Waals surface area contributed by atoms with Crippen LogP contribution in [0.5, 0.6) is 0 Å². The van der Waals surface area contributed by atoms with Gasteiger partial charge in [-0.1, -0.05) is 26.7 Å². The first-order chi connectivity index (χ1) is 9.08. The van der Waals surface area contributed by atoms with E-state index >= 15 is 0 Å². The Morgan fingerprint density at radius 2 is 1.95 bits per heavy atom. The molecule has 1 N–H and O–H groups in total. The standard InChI is InChI=1S/C16H29N3/c1-12(2)17-10-9-16-13(3)18-19(14(16)4)11-15-7-5-6-8-15/h12,15,17H,5-11H2,1-4H3. The van der Waals surface area contributed by atoms with E-state index in [0.29, 0.717) is 6.04 Å². The molecular weight excluding hydrogens is 234 g/mol. The van der Waals surface area contributed by atoms with Gasteiger partial charge in [-0.05, 0) is 51.1 Å². The molecule has 1 aliphatic carbocycles. The van der Waals surface area contributed by atoms with Crippen LogP contribution in [0.1, 0.15) is 56.5 Å². The Morgan fingerprint density at radius 3 is 2.58 bits per heavy atom. The van der Waals surface area contributed by atoms with Crippen LogP contribution < -0.4 is 5.32 Å². The SMILES string of the molecule is Cc1nn(CC2CCCC2)c(C)c1CCNC(C)C. The van der Waals surface area contributed by atoms with Crippen molar-refractivity contribution >= 4 is 0 Å². The Bertz CT molecular complexity index is 400. The van der Waals surface area contributed by atoms with Gasteiger partial charge in [0.2, 0.25) is 0 Å². The molecular formula is C16H29N3. The Labute approximate surface area is 117 Å². The molecule has 19 heavy (non-hydrogen) atoms. The fraction of sp³-hybridized carbons (Fsp3) is 0.812. The summed E-state index contributed by atoms with van der Waals surface area (Å²) in [6.07, 6.45) is 6.70. The number of rotatable bonds is 6. The Morgan fingerprint density at radius 1 is 1.26 bits per heavy atom. The zero-order valence-corrected chi connectivity index (χ0v) is 13.0. The van der Waals surface area contributed by atoms with Crippen LogP contribution in [0.2, 0.25) is 0 Å². The fourth-order valence-electron chi connectivity index (χ4n) is 3.20. The predicted octanol–water partition coefficient (Wildman–Crippen LogP) is 3.23. The molecule has 0 aliphatic heterocycles. The molecule has 1 heterocycles. The highest BCUT2D eigenvalue weighted by Crippen LogP contribution is 2.27. The molecule has 1 fully saturated rings. The molecule has 1 aliphatic rings. The van der Waals surface area contributed by atoms with Gasteiger partial charge < -0.3 is 5.32 Å². The fourth-order valence-corrected chi connectivity index (χ4v) is 3.20. The predicted molar refractivity (Wildman–Crippen MR) is 80.5 cm³/mol. The summed E-state index contributed by atoms with van der Waals surface area (Å²) in [6, 6.07) is 0.564. The van der Waals surface area contributed by atoms with Crippen molar-refractivity contribution in [1.29, 1.82) is 0 Å². The molecule has 0 saturated heterocycles. The van der Waals surface area contributed by atoms with Gasteiger partial charge in [-0.3, -0.25) is 4.68 Å². The highest BCUT2D eigenvalue weighted by molar-refractivity contribution is 5.24. The summed E-state index contributed by atoms with van der Waals surface area (Å²) < 4.78 is 2.26. The first-order valence-electron chi connectivity index (χ1n) is 7.84. The molecule has 1 aromatic rings. The van der Waals surface area contributed by atoms with Crippen LogP contribution in [-0.2, 0) is 13.0 Å². The zero-order valence-electron chi connectivity index (χ0n) is 13.0. The Kier molecular flexibility index (Phi) is 5.03. The van der Waals surface area contributed by atoms with Gasteiger partial charge in [0, 0.05) is 18.3 Å². The van der Waals surface area contributed by atoms with Gasteiger partial charge in [0.25, 0.3) is 0 Å². The van der Waals surface area contributed by atoms with Gasteiger partial charge in [0.15, 0.2) is 0 Å². The maximum Gasteiger partial charge on any atom is 0.0628 e. The smallest absolute Gasteiger partial charge is 0.0628 e. The minimum Gasteiger partial charge on any atom is -0.314 e. The van der Waals surface area contributed by atoms with Crippen molar-refractivity contribution < 1.29 is 0 Å². The Balaban J connectivity index is 1.97.